The van der Waals surface area contributed by atoms with Crippen LogP contribution in [0.5, 0.6) is 34.5 Å². The number of nitrogens with zero attached hydrogens (tertiary/aromatic N) is 6. The average molecular weight is 1570 g/mol. The quantitative estimate of drug-likeness (QED) is 0.134. The number of ether oxygens (including phenoxy) is 3. The Kier molecular flexibility index (Phi) is 16.3. The summed E-state index contributed by atoms with van der Waals surface area (Å²) in [6.07, 6.45) is 2.52. The maximum atomic E-state index is 6.43. The molecule has 0 N–H and O–H groups in total. The number of aromatic nitrogens is 6. The van der Waals surface area contributed by atoms with E-state index in [-0.39, 0.29) is 0 Å². The third kappa shape index (κ3) is 11.0. The molecule has 26 rings (SSSR count). The molecule has 576 valence electrons. The van der Waals surface area contributed by atoms with E-state index in [1.54, 1.807) is 0 Å². The van der Waals surface area contributed by atoms with Gasteiger partial charge in [0.15, 0.2) is 34.5 Å². The van der Waals surface area contributed by atoms with Crippen molar-refractivity contribution >= 4 is 119 Å². The smallest absolute Gasteiger partial charge is 0.153 e. The van der Waals surface area contributed by atoms with Crippen LogP contribution in [0.2, 0.25) is 0 Å². The van der Waals surface area contributed by atoms with Gasteiger partial charge in [-0.15, -0.1) is 0 Å². The Morgan fingerprint density at radius 2 is 0.484 bits per heavy atom. The minimum atomic E-state index is 0.837. The summed E-state index contributed by atoms with van der Waals surface area (Å²) in [5.41, 5.74) is 23.9. The minimum Gasteiger partial charge on any atom is -0.453 e. The molecule has 0 spiro atoms. The largest absolute Gasteiger partial charge is 0.453 e. The Morgan fingerprint density at radius 3 is 0.844 bits per heavy atom. The van der Waals surface area contributed by atoms with E-state index in [9.17, 15) is 0 Å². The first kappa shape index (κ1) is 70.5. The fourth-order valence-electron chi connectivity index (χ4n) is 19.9. The summed E-state index contributed by atoms with van der Waals surface area (Å²) in [6.45, 7) is 6.49. The molecule has 0 saturated carbocycles. The van der Waals surface area contributed by atoms with E-state index in [1.165, 1.54) is 142 Å². The van der Waals surface area contributed by atoms with Gasteiger partial charge in [-0.05, 0) is 232 Å². The third-order valence-electron chi connectivity index (χ3n) is 25.2. The summed E-state index contributed by atoms with van der Waals surface area (Å²) in [5, 5.41) is 20.0. The molecule has 6 heterocycles. The van der Waals surface area contributed by atoms with Gasteiger partial charge in [0.05, 0.1) is 33.6 Å². The first-order chi connectivity index (χ1) is 60.4. The molecule has 122 heavy (non-hydrogen) atoms. The van der Waals surface area contributed by atoms with Gasteiger partial charge >= 0.3 is 0 Å². The van der Waals surface area contributed by atoms with Crippen LogP contribution in [-0.2, 0) is 19.3 Å². The van der Waals surface area contributed by atoms with Crippen molar-refractivity contribution < 1.29 is 14.2 Å². The molecular weight excluding hydrogens is 1490 g/mol. The molecule has 0 aliphatic carbocycles. The van der Waals surface area contributed by atoms with Crippen molar-refractivity contribution in [2.75, 3.05) is 0 Å². The molecule has 20 aromatic carbocycles. The predicted octanol–water partition coefficient (Wildman–Crippen LogP) is 30.3. The highest BCUT2D eigenvalue weighted by molar-refractivity contribution is 6.26. The summed E-state index contributed by atoms with van der Waals surface area (Å²) in [4.78, 5) is 14.8. The second-order valence-electron chi connectivity index (χ2n) is 31.9. The van der Waals surface area contributed by atoms with Gasteiger partial charge in [0.2, 0.25) is 0 Å². The number of hydrogen-bond donors (Lipinski definition) is 0. The first-order valence-electron chi connectivity index (χ1n) is 42.2. The normalized spacial score (nSPS) is 12.2. The number of rotatable bonds is 9. The second-order valence-corrected chi connectivity index (χ2v) is 31.9. The lowest BCUT2D eigenvalue weighted by molar-refractivity contribution is 0.474. The maximum absolute atomic E-state index is 6.43. The molecular formula is C113H76N6O3. The molecule has 0 bridgehead atoms. The number of fused-ring (bicyclic) bond motifs is 14. The number of hydrogen-bond acceptors (Lipinski definition) is 6. The highest BCUT2D eigenvalue weighted by Gasteiger charge is 2.31. The molecule has 0 amide bonds. The zero-order valence-corrected chi connectivity index (χ0v) is 67.2. The van der Waals surface area contributed by atoms with Crippen LogP contribution in [0.4, 0.5) is 0 Å². The van der Waals surface area contributed by atoms with Gasteiger partial charge < -0.3 is 14.2 Å². The van der Waals surface area contributed by atoms with Crippen molar-refractivity contribution in [3.05, 3.63) is 388 Å². The fourth-order valence-corrected chi connectivity index (χ4v) is 19.9. The van der Waals surface area contributed by atoms with Crippen molar-refractivity contribution in [2.24, 2.45) is 0 Å². The molecule has 9 nitrogen and oxygen atoms in total. The van der Waals surface area contributed by atoms with Gasteiger partial charge in [0.1, 0.15) is 34.0 Å². The van der Waals surface area contributed by atoms with E-state index >= 15 is 0 Å². The molecule has 23 aromatic rings. The van der Waals surface area contributed by atoms with Crippen LogP contribution in [0.25, 0.3) is 203 Å². The van der Waals surface area contributed by atoms with Gasteiger partial charge in [-0.1, -0.05) is 312 Å². The zero-order chi connectivity index (χ0) is 80.8. The Morgan fingerprint density at radius 1 is 0.205 bits per heavy atom. The second kappa shape index (κ2) is 28.3. The van der Waals surface area contributed by atoms with Crippen molar-refractivity contribution in [1.29, 1.82) is 0 Å². The Bertz CT molecular complexity index is 8150. The molecule has 3 aliphatic heterocycles. The van der Waals surface area contributed by atoms with Crippen LogP contribution >= 0.6 is 0 Å². The molecule has 0 atom stereocenters. The van der Waals surface area contributed by atoms with E-state index < -0.39 is 0 Å². The lowest BCUT2D eigenvalue weighted by Crippen LogP contribution is -2.07. The van der Waals surface area contributed by atoms with Crippen LogP contribution in [0, 0.1) is 0 Å². The predicted molar refractivity (Wildman–Crippen MR) is 504 cm³/mol. The molecule has 9 heteroatoms. The average Bonchev–Trinajstić information content (AvgIpc) is 1.18. The van der Waals surface area contributed by atoms with Gasteiger partial charge in [0.25, 0.3) is 0 Å². The number of benzene rings is 20. The number of para-hydroxylation sites is 3. The van der Waals surface area contributed by atoms with E-state index in [1.807, 2.05) is 36.4 Å². The van der Waals surface area contributed by atoms with E-state index in [0.29, 0.717) is 0 Å². The van der Waals surface area contributed by atoms with E-state index in [0.717, 1.165) is 133 Å². The summed E-state index contributed by atoms with van der Waals surface area (Å²) in [7, 11) is 0. The topological polar surface area (TPSA) is 81.1 Å². The third-order valence-corrected chi connectivity index (χ3v) is 25.2. The summed E-state index contributed by atoms with van der Waals surface area (Å²) in [6, 6.07) is 133. The lowest BCUT2D eigenvalue weighted by Gasteiger charge is -2.23. The van der Waals surface area contributed by atoms with E-state index in [2.05, 4.69) is 368 Å². The van der Waals surface area contributed by atoms with Crippen LogP contribution in [-0.4, -0.2) is 28.7 Å². The SMILES string of the molecule is CCc1nc2cccc3c2n1-c1cc(-c2c4ccccc4c(-c4ccc5ccccc5c4)c4ccccc24)ccc1O3.CCc1nc2cccc3c2n1-c1cc(-c2c4ccccc4c(-c4cccc5ccccc45)c4ccccc24)ccc1O3.CCc1nc2cccc3c2n1-c1cc(-c2c4ccccc4c(-c4ccccc4)c4ccccc24)ccc1O3. The number of aryl methyl sites for hydroxylation is 3. The monoisotopic (exact) mass is 1560 g/mol. The molecule has 3 aliphatic rings. The molecule has 3 aromatic heterocycles. The fraction of sp³-hybridized carbons (Fsp3) is 0.0531. The lowest BCUT2D eigenvalue weighted by atomic mass is 9.84. The van der Waals surface area contributed by atoms with Crippen LogP contribution in [0.15, 0.2) is 370 Å². The molecule has 0 radical (unpaired) electrons. The molecule has 0 fully saturated rings. The van der Waals surface area contributed by atoms with Crippen molar-refractivity contribution in [3.8, 4) is 118 Å². The Balaban J connectivity index is 0.000000104. The highest BCUT2D eigenvalue weighted by atomic mass is 16.5. The maximum Gasteiger partial charge on any atom is 0.153 e. The summed E-state index contributed by atoms with van der Waals surface area (Å²) < 4.78 is 26.1. The minimum absolute atomic E-state index is 0.837. The number of imidazole rings is 3. The molecule has 0 unspecified atom stereocenters. The zero-order valence-electron chi connectivity index (χ0n) is 67.2. The standard InChI is InChI=1S/2C39H26N2O.C35H24N2O/c1-2-36-40-32-19-10-20-35-39(32)41(36)33-23-25(21-22-34(33)42-35)37-28-14-5-7-16-30(28)38(31-17-8-6-15-29(31)37)27-18-9-12-24-11-3-4-13-26(24)27;1-2-36-40-32-16-9-17-35-39(32)41(36)33-23-27(20-21-34(33)42-35)38-30-14-7-5-12-28(30)37(29-13-6-8-15-31(29)38)26-19-18-24-10-3-4-11-25(24)22-26;1-2-32-36-28-17-10-18-31-35(28)37(32)29-21-23(19-20-30(29)38-31)34-26-15-8-6-13-24(26)33(22-11-4-3-5-12-22)25-14-7-9-16-27(25)34/h2*3-23H,2H2,1H3;3-21H,2H2,1H3. The summed E-state index contributed by atoms with van der Waals surface area (Å²) >= 11 is 0. The van der Waals surface area contributed by atoms with Crippen molar-refractivity contribution in [3.63, 3.8) is 0 Å². The Hall–Kier alpha value is -15.7. The van der Waals surface area contributed by atoms with Gasteiger partial charge in [-0.25, -0.2) is 15.0 Å². The molecule has 0 saturated heterocycles. The summed E-state index contributed by atoms with van der Waals surface area (Å²) in [5.74, 6) is 8.27. The first-order valence-corrected chi connectivity index (χ1v) is 42.2. The van der Waals surface area contributed by atoms with Crippen molar-refractivity contribution in [1.82, 2.24) is 28.7 Å². The van der Waals surface area contributed by atoms with Gasteiger partial charge in [-0.3, -0.25) is 13.7 Å². The van der Waals surface area contributed by atoms with Crippen LogP contribution in [0.1, 0.15) is 38.2 Å². The van der Waals surface area contributed by atoms with Crippen LogP contribution in [0.3, 0.4) is 0 Å². The van der Waals surface area contributed by atoms with E-state index in [4.69, 9.17) is 29.2 Å². The van der Waals surface area contributed by atoms with Gasteiger partial charge in [-0.2, -0.15) is 0 Å². The highest BCUT2D eigenvalue weighted by Crippen LogP contribution is 2.53. The Labute approximate surface area is 703 Å². The van der Waals surface area contributed by atoms with Crippen molar-refractivity contribution in [2.45, 2.75) is 40.0 Å². The van der Waals surface area contributed by atoms with Crippen LogP contribution < -0.4 is 14.2 Å². The van der Waals surface area contributed by atoms with Gasteiger partial charge in [0, 0.05) is 19.3 Å².